The molecule has 0 saturated carbocycles. The Hall–Kier alpha value is -4.38. The minimum absolute atomic E-state index is 0.0642. The summed E-state index contributed by atoms with van der Waals surface area (Å²) in [4.78, 5) is 54.9. The average molecular weight is 612 g/mol. The summed E-state index contributed by atoms with van der Waals surface area (Å²) in [6, 6.07) is 9.58. The van der Waals surface area contributed by atoms with Gasteiger partial charge in [0.2, 0.25) is 11.8 Å². The lowest BCUT2D eigenvalue weighted by Crippen LogP contribution is -2.56. The maximum Gasteiger partial charge on any atom is 0.408 e. The van der Waals surface area contributed by atoms with Gasteiger partial charge in [0.15, 0.2) is 0 Å². The highest BCUT2D eigenvalue weighted by molar-refractivity contribution is 5.94. The van der Waals surface area contributed by atoms with E-state index in [1.165, 1.54) is 12.1 Å². The first-order valence-corrected chi connectivity index (χ1v) is 14.3. The molecule has 44 heavy (non-hydrogen) atoms. The molecule has 0 aliphatic carbocycles. The van der Waals surface area contributed by atoms with Crippen LogP contribution in [0.25, 0.3) is 0 Å². The number of esters is 1. The second-order valence-electron chi connectivity index (χ2n) is 12.4. The van der Waals surface area contributed by atoms with Gasteiger partial charge in [-0.25, -0.2) is 9.59 Å². The van der Waals surface area contributed by atoms with Crippen LogP contribution in [-0.4, -0.2) is 75.4 Å². The zero-order chi connectivity index (χ0) is 33.2. The van der Waals surface area contributed by atoms with E-state index in [0.29, 0.717) is 5.56 Å². The van der Waals surface area contributed by atoms with Crippen molar-refractivity contribution in [3.8, 4) is 5.75 Å². The number of hydrogen-bond donors (Lipinski definition) is 4. The number of carbonyl (C=O) groups is 4. The average Bonchev–Trinajstić information content (AvgIpc) is 2.91. The van der Waals surface area contributed by atoms with Crippen molar-refractivity contribution in [3.05, 3.63) is 77.9 Å². The topological polar surface area (TPSA) is 154 Å². The summed E-state index contributed by atoms with van der Waals surface area (Å²) < 4.78 is 10.8. The molecule has 11 heteroatoms. The van der Waals surface area contributed by atoms with E-state index in [4.69, 9.17) is 9.47 Å². The zero-order valence-corrected chi connectivity index (χ0v) is 26.5. The molecule has 4 N–H and O–H groups in total. The number of aliphatic hydroxyl groups is 1. The van der Waals surface area contributed by atoms with Crippen molar-refractivity contribution in [2.75, 3.05) is 13.2 Å². The molecule has 0 aromatic heterocycles. The van der Waals surface area contributed by atoms with Crippen molar-refractivity contribution in [1.82, 2.24) is 15.5 Å². The normalized spacial score (nSPS) is 13.5. The van der Waals surface area contributed by atoms with Crippen molar-refractivity contribution in [3.63, 3.8) is 0 Å². The summed E-state index contributed by atoms with van der Waals surface area (Å²) in [5, 5.41) is 26.2. The lowest BCUT2D eigenvalue weighted by atomic mass is 9.98. The van der Waals surface area contributed by atoms with Gasteiger partial charge in [-0.3, -0.25) is 9.59 Å². The summed E-state index contributed by atoms with van der Waals surface area (Å²) in [5.41, 5.74) is -0.477. The third kappa shape index (κ3) is 10.7. The SMILES string of the molecule is C=CCN(C(=O)C(CO)NC(=O)OC(C)(C)C)C(C(=O)NC(Cc1ccccc1)C(=O)OC(C)(C)C)c1cccc(C)c1O. The zero-order valence-electron chi connectivity index (χ0n) is 26.5. The maximum absolute atomic E-state index is 14.2. The summed E-state index contributed by atoms with van der Waals surface area (Å²) >= 11 is 0. The fourth-order valence-corrected chi connectivity index (χ4v) is 4.32. The van der Waals surface area contributed by atoms with Gasteiger partial charge in [0.25, 0.3) is 0 Å². The number of nitrogens with zero attached hydrogens (tertiary/aromatic N) is 1. The van der Waals surface area contributed by atoms with E-state index in [0.717, 1.165) is 10.5 Å². The van der Waals surface area contributed by atoms with E-state index in [1.807, 2.05) is 6.07 Å². The van der Waals surface area contributed by atoms with Crippen LogP contribution in [0.4, 0.5) is 4.79 Å². The number of ether oxygens (including phenoxy) is 2. The number of phenols is 1. The standard InChI is InChI=1S/C33H45N3O8/c1-9-18-36(29(40)25(20-37)35-31(42)44-33(6,7)8)26(23-17-13-14-21(2)27(23)38)28(39)34-24(30(41)43-32(3,4)5)19-22-15-11-10-12-16-22/h9-17,24-26,37-38H,1,18-20H2,2-8H3,(H,34,39)(H,35,42). The van der Waals surface area contributed by atoms with Gasteiger partial charge in [-0.2, -0.15) is 0 Å². The summed E-state index contributed by atoms with van der Waals surface area (Å²) in [5.74, 6) is -2.59. The molecule has 0 radical (unpaired) electrons. The van der Waals surface area contributed by atoms with E-state index >= 15 is 0 Å². The molecular formula is C33H45N3O8. The third-order valence-electron chi connectivity index (χ3n) is 6.19. The minimum atomic E-state index is -1.50. The van der Waals surface area contributed by atoms with Crippen LogP contribution in [0.3, 0.4) is 0 Å². The van der Waals surface area contributed by atoms with E-state index in [-0.39, 0.29) is 24.3 Å². The Morgan fingerprint density at radius 3 is 2.07 bits per heavy atom. The molecular weight excluding hydrogens is 566 g/mol. The predicted octanol–water partition coefficient (Wildman–Crippen LogP) is 3.71. The molecule has 2 aromatic rings. The van der Waals surface area contributed by atoms with Crippen molar-refractivity contribution in [2.45, 2.75) is 84.2 Å². The van der Waals surface area contributed by atoms with Gasteiger partial charge in [0, 0.05) is 18.5 Å². The fourth-order valence-electron chi connectivity index (χ4n) is 4.32. The molecule has 0 spiro atoms. The van der Waals surface area contributed by atoms with Crippen LogP contribution in [-0.2, 0) is 30.3 Å². The fraction of sp³-hybridized carbons (Fsp3) is 0.455. The Bertz CT molecular complexity index is 1310. The van der Waals surface area contributed by atoms with Crippen molar-refractivity contribution in [1.29, 1.82) is 0 Å². The smallest absolute Gasteiger partial charge is 0.408 e. The number of aliphatic hydroxyl groups excluding tert-OH is 1. The number of aromatic hydroxyl groups is 1. The van der Waals surface area contributed by atoms with Crippen LogP contribution >= 0.6 is 0 Å². The number of carbonyl (C=O) groups excluding carboxylic acids is 4. The van der Waals surface area contributed by atoms with Gasteiger partial charge in [-0.05, 0) is 59.6 Å². The van der Waals surface area contributed by atoms with Crippen molar-refractivity contribution in [2.24, 2.45) is 0 Å². The molecule has 11 nitrogen and oxygen atoms in total. The van der Waals surface area contributed by atoms with Gasteiger partial charge >= 0.3 is 12.1 Å². The molecule has 240 valence electrons. The number of alkyl carbamates (subject to hydrolysis) is 1. The van der Waals surface area contributed by atoms with Crippen molar-refractivity contribution < 1.29 is 38.9 Å². The minimum Gasteiger partial charge on any atom is -0.507 e. The predicted molar refractivity (Wildman–Crippen MR) is 166 cm³/mol. The number of aryl methyl sites for hydroxylation is 1. The molecule has 3 atom stereocenters. The molecule has 0 aliphatic rings. The van der Waals surface area contributed by atoms with Crippen molar-refractivity contribution >= 4 is 23.9 Å². The number of para-hydroxylation sites is 1. The van der Waals surface area contributed by atoms with E-state index in [9.17, 15) is 29.4 Å². The van der Waals surface area contributed by atoms with Crippen LogP contribution in [0.5, 0.6) is 5.75 Å². The Kier molecular flexibility index (Phi) is 12.5. The highest BCUT2D eigenvalue weighted by atomic mass is 16.6. The lowest BCUT2D eigenvalue weighted by Gasteiger charge is -2.34. The van der Waals surface area contributed by atoms with E-state index in [1.54, 1.807) is 84.9 Å². The largest absolute Gasteiger partial charge is 0.507 e. The molecule has 0 heterocycles. The van der Waals surface area contributed by atoms with Gasteiger partial charge < -0.3 is 35.2 Å². The highest BCUT2D eigenvalue weighted by Gasteiger charge is 2.39. The second kappa shape index (κ2) is 15.4. The van der Waals surface area contributed by atoms with Gasteiger partial charge in [0.1, 0.15) is 35.1 Å². The van der Waals surface area contributed by atoms with Crippen LogP contribution in [0.2, 0.25) is 0 Å². The van der Waals surface area contributed by atoms with E-state index in [2.05, 4.69) is 17.2 Å². The molecule has 0 fully saturated rings. The lowest BCUT2D eigenvalue weighted by molar-refractivity contribution is -0.159. The molecule has 0 aliphatic heterocycles. The molecule has 3 unspecified atom stereocenters. The molecule has 0 saturated heterocycles. The summed E-state index contributed by atoms with van der Waals surface area (Å²) in [7, 11) is 0. The first kappa shape index (κ1) is 35.8. The van der Waals surface area contributed by atoms with Crippen LogP contribution in [0, 0.1) is 6.92 Å². The third-order valence-corrected chi connectivity index (χ3v) is 6.19. The number of rotatable bonds is 12. The second-order valence-corrected chi connectivity index (χ2v) is 12.4. The number of phenolic OH excluding ortho intramolecular Hbond substituents is 1. The monoisotopic (exact) mass is 611 g/mol. The van der Waals surface area contributed by atoms with Gasteiger partial charge in [0.05, 0.1) is 6.61 Å². The van der Waals surface area contributed by atoms with E-state index < -0.39 is 59.8 Å². The van der Waals surface area contributed by atoms with Crippen LogP contribution in [0.1, 0.15) is 64.3 Å². The van der Waals surface area contributed by atoms with Crippen LogP contribution in [0.15, 0.2) is 61.2 Å². The molecule has 2 rings (SSSR count). The van der Waals surface area contributed by atoms with Gasteiger partial charge in [-0.15, -0.1) is 6.58 Å². The quantitative estimate of drug-likeness (QED) is 0.209. The Balaban J connectivity index is 2.58. The Morgan fingerprint density at radius 2 is 1.52 bits per heavy atom. The first-order valence-electron chi connectivity index (χ1n) is 14.3. The number of nitrogens with one attached hydrogen (secondary N) is 2. The number of hydrogen-bond acceptors (Lipinski definition) is 8. The maximum atomic E-state index is 14.2. The Morgan fingerprint density at radius 1 is 0.909 bits per heavy atom. The Labute approximate surface area is 259 Å². The summed E-state index contributed by atoms with van der Waals surface area (Å²) in [6.07, 6.45) is 0.501. The first-order chi connectivity index (χ1) is 20.5. The number of amides is 3. The highest BCUT2D eigenvalue weighted by Crippen LogP contribution is 2.32. The molecule has 3 amide bonds. The summed E-state index contributed by atoms with van der Waals surface area (Å²) in [6.45, 7) is 14.4. The molecule has 2 aromatic carbocycles. The molecule has 0 bridgehead atoms. The number of benzene rings is 2. The van der Waals surface area contributed by atoms with Crippen LogP contribution < -0.4 is 10.6 Å². The van der Waals surface area contributed by atoms with Gasteiger partial charge in [-0.1, -0.05) is 54.6 Å².